The van der Waals surface area contributed by atoms with Gasteiger partial charge >= 0.3 is 0 Å². The van der Waals surface area contributed by atoms with Gasteiger partial charge in [-0.2, -0.15) is 0 Å². The van der Waals surface area contributed by atoms with Gasteiger partial charge in [0, 0.05) is 36.3 Å². The zero-order valence-electron chi connectivity index (χ0n) is 16.4. The quantitative estimate of drug-likeness (QED) is 0.695. The summed E-state index contributed by atoms with van der Waals surface area (Å²) in [5.74, 6) is 3.14. The summed E-state index contributed by atoms with van der Waals surface area (Å²) < 4.78 is 11.6. The number of furan rings is 1. The molecule has 0 fully saturated rings. The van der Waals surface area contributed by atoms with Crippen LogP contribution in [0.5, 0.6) is 11.5 Å². The first-order chi connectivity index (χ1) is 13.6. The van der Waals surface area contributed by atoms with Gasteiger partial charge in [0.15, 0.2) is 11.5 Å². The third-order valence-corrected chi connectivity index (χ3v) is 5.28. The van der Waals surface area contributed by atoms with Crippen molar-refractivity contribution in [2.45, 2.75) is 32.7 Å². The van der Waals surface area contributed by atoms with Gasteiger partial charge in [-0.05, 0) is 56.3 Å². The van der Waals surface area contributed by atoms with Crippen LogP contribution < -0.4 is 4.74 Å². The highest BCUT2D eigenvalue weighted by Crippen LogP contribution is 2.37. The highest BCUT2D eigenvalue weighted by Gasteiger charge is 2.21. The molecular formula is C23H26N2O3. The van der Waals surface area contributed by atoms with Crippen molar-refractivity contribution in [1.29, 1.82) is 0 Å². The highest BCUT2D eigenvalue weighted by molar-refractivity contribution is 5.66. The summed E-state index contributed by atoms with van der Waals surface area (Å²) in [4.78, 5) is 6.78. The van der Waals surface area contributed by atoms with Gasteiger partial charge in [0.05, 0.1) is 5.69 Å². The van der Waals surface area contributed by atoms with E-state index in [1.54, 1.807) is 12.3 Å². The predicted octanol–water partition coefficient (Wildman–Crippen LogP) is 4.74. The van der Waals surface area contributed by atoms with E-state index < -0.39 is 0 Å². The number of aromatic hydroxyl groups is 1. The van der Waals surface area contributed by atoms with Crippen molar-refractivity contribution in [3.05, 3.63) is 65.7 Å². The van der Waals surface area contributed by atoms with Crippen LogP contribution in [0.4, 0.5) is 0 Å². The van der Waals surface area contributed by atoms with Crippen molar-refractivity contribution in [1.82, 2.24) is 9.88 Å². The van der Waals surface area contributed by atoms with Crippen molar-refractivity contribution < 1.29 is 14.3 Å². The lowest BCUT2D eigenvalue weighted by molar-refractivity contribution is 0.216. The molecule has 0 spiro atoms. The molecule has 1 N–H and O–H groups in total. The van der Waals surface area contributed by atoms with E-state index >= 15 is 0 Å². The van der Waals surface area contributed by atoms with Crippen LogP contribution in [0.15, 0.2) is 53.1 Å². The minimum atomic E-state index is 0.180. The molecule has 1 aliphatic heterocycles. The molecule has 5 nitrogen and oxygen atoms in total. The number of benzene rings is 1. The second-order valence-corrected chi connectivity index (χ2v) is 7.46. The lowest BCUT2D eigenvalue weighted by Crippen LogP contribution is -2.27. The first kappa shape index (κ1) is 18.6. The second-order valence-electron chi connectivity index (χ2n) is 7.46. The highest BCUT2D eigenvalue weighted by atomic mass is 16.5. The first-order valence-corrected chi connectivity index (χ1v) is 9.79. The fourth-order valence-corrected chi connectivity index (χ4v) is 3.66. The molecule has 2 aromatic heterocycles. The van der Waals surface area contributed by atoms with E-state index in [4.69, 9.17) is 9.15 Å². The molecular weight excluding hydrogens is 352 g/mol. The first-order valence-electron chi connectivity index (χ1n) is 9.79. The fraction of sp³-hybridized carbons (Fsp3) is 0.348. The van der Waals surface area contributed by atoms with Crippen LogP contribution >= 0.6 is 0 Å². The Morgan fingerprint density at radius 3 is 2.86 bits per heavy atom. The van der Waals surface area contributed by atoms with Gasteiger partial charge < -0.3 is 14.3 Å². The second kappa shape index (κ2) is 8.07. The number of hydrogen-bond acceptors (Lipinski definition) is 5. The zero-order chi connectivity index (χ0) is 19.5. The van der Waals surface area contributed by atoms with Crippen molar-refractivity contribution in [2.75, 3.05) is 19.7 Å². The van der Waals surface area contributed by atoms with Gasteiger partial charge in [-0.3, -0.25) is 9.88 Å². The number of rotatable bonds is 5. The summed E-state index contributed by atoms with van der Waals surface area (Å²) in [6, 6.07) is 13.7. The van der Waals surface area contributed by atoms with E-state index in [0.717, 1.165) is 54.4 Å². The lowest BCUT2D eigenvalue weighted by atomic mass is 10.0. The van der Waals surface area contributed by atoms with E-state index in [2.05, 4.69) is 28.9 Å². The largest absolute Gasteiger partial charge is 0.504 e. The monoisotopic (exact) mass is 378 g/mol. The molecule has 0 saturated carbocycles. The van der Waals surface area contributed by atoms with Gasteiger partial charge in [-0.1, -0.05) is 13.0 Å². The molecule has 1 aromatic carbocycles. The van der Waals surface area contributed by atoms with Gasteiger partial charge in [0.1, 0.15) is 18.1 Å². The Bertz CT molecular complexity index is 936. The molecule has 5 heteroatoms. The topological polar surface area (TPSA) is 58.7 Å². The summed E-state index contributed by atoms with van der Waals surface area (Å²) in [6.45, 7) is 7.26. The summed E-state index contributed by atoms with van der Waals surface area (Å²) >= 11 is 0. The Balaban J connectivity index is 1.50. The molecule has 4 rings (SSSR count). The van der Waals surface area contributed by atoms with E-state index in [9.17, 15) is 5.11 Å². The summed E-state index contributed by atoms with van der Waals surface area (Å²) in [7, 11) is 0. The number of nitrogens with zero attached hydrogens (tertiary/aromatic N) is 2. The average molecular weight is 378 g/mol. The van der Waals surface area contributed by atoms with Crippen LogP contribution in [0.25, 0.3) is 11.3 Å². The van der Waals surface area contributed by atoms with Crippen LogP contribution in [-0.4, -0.2) is 34.7 Å². The minimum Gasteiger partial charge on any atom is -0.504 e. The Labute approximate surface area is 165 Å². The normalized spacial score (nSPS) is 15.5. The average Bonchev–Trinajstić information content (AvgIpc) is 3.03. The molecule has 3 heterocycles. The van der Waals surface area contributed by atoms with Crippen molar-refractivity contribution in [3.8, 4) is 22.8 Å². The third-order valence-electron chi connectivity index (χ3n) is 5.28. The van der Waals surface area contributed by atoms with Gasteiger partial charge in [-0.15, -0.1) is 0 Å². The Morgan fingerprint density at radius 1 is 1.21 bits per heavy atom. The Kier molecular flexibility index (Phi) is 5.35. The maximum atomic E-state index is 10.5. The maximum absolute atomic E-state index is 10.5. The van der Waals surface area contributed by atoms with Crippen LogP contribution in [0.1, 0.15) is 36.3 Å². The summed E-state index contributed by atoms with van der Waals surface area (Å²) in [5, 5.41) is 10.5. The molecule has 0 radical (unpaired) electrons. The van der Waals surface area contributed by atoms with E-state index in [-0.39, 0.29) is 5.75 Å². The van der Waals surface area contributed by atoms with Crippen molar-refractivity contribution in [3.63, 3.8) is 0 Å². The van der Waals surface area contributed by atoms with E-state index in [1.807, 2.05) is 31.2 Å². The van der Waals surface area contributed by atoms with Crippen LogP contribution in [0.2, 0.25) is 0 Å². The molecule has 0 bridgehead atoms. The smallest absolute Gasteiger partial charge is 0.165 e. The summed E-state index contributed by atoms with van der Waals surface area (Å²) in [5.41, 5.74) is 2.75. The molecule has 146 valence electrons. The third kappa shape index (κ3) is 4.04. The Hall–Kier alpha value is -2.79. The van der Waals surface area contributed by atoms with Crippen molar-refractivity contribution >= 4 is 0 Å². The van der Waals surface area contributed by atoms with E-state index in [1.165, 1.54) is 0 Å². The zero-order valence-corrected chi connectivity index (χ0v) is 16.4. The number of aromatic nitrogens is 1. The maximum Gasteiger partial charge on any atom is 0.165 e. The van der Waals surface area contributed by atoms with Gasteiger partial charge in [0.2, 0.25) is 0 Å². The SMILES string of the molecule is Cc1ccc([C@H](C)CCN2CCOc3c(O)cc(-c4ccccn4)cc3C2)o1. The molecule has 0 amide bonds. The van der Waals surface area contributed by atoms with Crippen LogP contribution in [0, 0.1) is 6.92 Å². The number of aryl methyl sites for hydroxylation is 1. The van der Waals surface area contributed by atoms with Crippen LogP contribution in [-0.2, 0) is 6.54 Å². The molecule has 0 aliphatic carbocycles. The fourth-order valence-electron chi connectivity index (χ4n) is 3.66. The predicted molar refractivity (Wildman–Crippen MR) is 109 cm³/mol. The lowest BCUT2D eigenvalue weighted by Gasteiger charge is -2.21. The minimum absolute atomic E-state index is 0.180. The molecule has 1 atom stereocenters. The standard InChI is InChI=1S/C23H26N2O3/c1-16(22-7-6-17(2)28-22)8-10-25-11-12-27-23-19(15-25)13-18(14-21(23)26)20-5-3-4-9-24-20/h3-7,9,13-14,16,26H,8,10-12,15H2,1-2H3/t16-/m1/s1. The van der Waals surface area contributed by atoms with Gasteiger partial charge in [0.25, 0.3) is 0 Å². The number of fused-ring (bicyclic) bond motifs is 1. The van der Waals surface area contributed by atoms with Crippen LogP contribution in [0.3, 0.4) is 0 Å². The molecule has 3 aromatic rings. The Morgan fingerprint density at radius 2 is 2.11 bits per heavy atom. The summed E-state index contributed by atoms with van der Waals surface area (Å²) in [6.07, 6.45) is 2.77. The number of pyridine rings is 1. The molecule has 28 heavy (non-hydrogen) atoms. The molecule has 1 aliphatic rings. The number of hydrogen-bond donors (Lipinski definition) is 1. The number of phenolic OH excluding ortho intramolecular Hbond substituents is 1. The van der Waals surface area contributed by atoms with Gasteiger partial charge in [-0.25, -0.2) is 0 Å². The number of phenols is 1. The van der Waals surface area contributed by atoms with E-state index in [0.29, 0.717) is 18.3 Å². The molecule has 0 saturated heterocycles. The number of ether oxygens (including phenoxy) is 1. The van der Waals surface area contributed by atoms with Crippen molar-refractivity contribution in [2.24, 2.45) is 0 Å². The molecule has 0 unspecified atom stereocenters.